The lowest BCUT2D eigenvalue weighted by molar-refractivity contribution is 0.0955. The Labute approximate surface area is 178 Å². The van der Waals surface area contributed by atoms with Crippen molar-refractivity contribution in [2.75, 3.05) is 0 Å². The fraction of sp³-hybridized carbons (Fsp3) is 0.560. The second-order valence-electron chi connectivity index (χ2n) is 9.61. The summed E-state index contributed by atoms with van der Waals surface area (Å²) in [6.07, 6.45) is 10.9. The zero-order valence-corrected chi connectivity index (χ0v) is 18.3. The molecule has 0 saturated heterocycles. The lowest BCUT2D eigenvalue weighted by atomic mass is 9.55. The average molecular weight is 405 g/mol. The van der Waals surface area contributed by atoms with E-state index in [1.807, 2.05) is 36.1 Å². The van der Waals surface area contributed by atoms with Gasteiger partial charge in [0.25, 0.3) is 0 Å². The third-order valence-electron chi connectivity index (χ3n) is 8.13. The van der Waals surface area contributed by atoms with Gasteiger partial charge in [-0.2, -0.15) is 15.3 Å². The van der Waals surface area contributed by atoms with Crippen LogP contribution in [0, 0.1) is 24.2 Å². The van der Waals surface area contributed by atoms with Crippen LogP contribution < -0.4 is 0 Å². The molecule has 1 heterocycles. The minimum Gasteiger partial charge on any atom is -0.508 e. The molecule has 158 valence electrons. The number of phenolic OH excluding ortho intramolecular Hbond substituents is 1. The highest BCUT2D eigenvalue weighted by molar-refractivity contribution is 5.93. The van der Waals surface area contributed by atoms with Crippen LogP contribution in [-0.2, 0) is 13.0 Å². The van der Waals surface area contributed by atoms with Gasteiger partial charge < -0.3 is 5.11 Å². The molecule has 3 aliphatic carbocycles. The predicted octanol–water partition coefficient (Wildman–Crippen LogP) is 5.25. The van der Waals surface area contributed by atoms with Gasteiger partial charge in [0.1, 0.15) is 5.75 Å². The summed E-state index contributed by atoms with van der Waals surface area (Å²) in [6.45, 7) is 7.42. The largest absolute Gasteiger partial charge is 0.508 e. The molecule has 2 aromatic rings. The smallest absolute Gasteiger partial charge is 0.115 e. The van der Waals surface area contributed by atoms with Crippen molar-refractivity contribution >= 4 is 11.9 Å². The van der Waals surface area contributed by atoms with Gasteiger partial charge in [0.2, 0.25) is 0 Å². The summed E-state index contributed by atoms with van der Waals surface area (Å²) in [5, 5.41) is 23.6. The fourth-order valence-corrected chi connectivity index (χ4v) is 6.50. The van der Waals surface area contributed by atoms with Crippen LogP contribution in [0.5, 0.6) is 5.75 Å². The molecule has 2 saturated carbocycles. The van der Waals surface area contributed by atoms with Crippen molar-refractivity contribution in [2.24, 2.45) is 27.5 Å². The molecule has 0 unspecified atom stereocenters. The second kappa shape index (κ2) is 7.36. The lowest BCUT2D eigenvalue weighted by Crippen LogP contribution is -2.42. The number of hydrogen-bond donors (Lipinski definition) is 1. The van der Waals surface area contributed by atoms with Crippen LogP contribution in [0.4, 0.5) is 0 Å². The normalized spacial score (nSPS) is 31.7. The molecule has 5 nitrogen and oxygen atoms in total. The van der Waals surface area contributed by atoms with Crippen molar-refractivity contribution in [2.45, 2.75) is 71.8 Å². The summed E-state index contributed by atoms with van der Waals surface area (Å²) < 4.78 is 1.94. The molecule has 1 aromatic carbocycles. The van der Waals surface area contributed by atoms with Crippen molar-refractivity contribution in [3.63, 3.8) is 0 Å². The highest BCUT2D eigenvalue weighted by atomic mass is 16.3. The number of aromatic hydroxyl groups is 1. The van der Waals surface area contributed by atoms with Crippen molar-refractivity contribution in [1.29, 1.82) is 0 Å². The first-order valence-corrected chi connectivity index (χ1v) is 11.5. The first-order chi connectivity index (χ1) is 14.5. The number of rotatable bonds is 3. The van der Waals surface area contributed by atoms with E-state index in [1.54, 1.807) is 0 Å². The van der Waals surface area contributed by atoms with Gasteiger partial charge in [-0.3, -0.25) is 4.68 Å². The Balaban J connectivity index is 1.37. The standard InChI is InChI=1S/C25H32N4O/c1-4-29-15-18(16(2)28-29)14-26-27-24-10-9-23-22-7-5-17-13-19(30)6-8-20(17)21(22)11-12-25(23,24)3/h6,8,13-15,21-23,30H,4-5,7,9-12H2,1-3H3/b26-14-,27-24-/t21-,22-,23-,25-/m1/s1. The van der Waals surface area contributed by atoms with E-state index in [4.69, 9.17) is 5.10 Å². The Hall–Kier alpha value is -2.43. The third-order valence-corrected chi connectivity index (χ3v) is 8.13. The molecule has 2 fully saturated rings. The zero-order valence-electron chi connectivity index (χ0n) is 18.3. The SMILES string of the molecule is CCn1cc(/C=N\N=C2\CC[C@@H]3[C@@H]4CCc5cc(O)ccc5[C@H]4CC[C@@]23C)c(C)n1. The maximum absolute atomic E-state index is 9.87. The molecule has 0 spiro atoms. The van der Waals surface area contributed by atoms with Crippen molar-refractivity contribution in [1.82, 2.24) is 9.78 Å². The summed E-state index contributed by atoms with van der Waals surface area (Å²) in [7, 11) is 0. The summed E-state index contributed by atoms with van der Waals surface area (Å²) in [4.78, 5) is 0. The molecule has 4 atom stereocenters. The maximum Gasteiger partial charge on any atom is 0.115 e. The van der Waals surface area contributed by atoms with Crippen molar-refractivity contribution in [3.8, 4) is 5.75 Å². The number of aromatic nitrogens is 2. The Bertz CT molecular complexity index is 1020. The van der Waals surface area contributed by atoms with Crippen LogP contribution in [0.15, 0.2) is 34.6 Å². The number of nitrogens with zero attached hydrogens (tertiary/aromatic N) is 4. The fourth-order valence-electron chi connectivity index (χ4n) is 6.50. The van der Waals surface area contributed by atoms with Crippen LogP contribution in [-0.4, -0.2) is 26.8 Å². The van der Waals surface area contributed by atoms with E-state index in [2.05, 4.69) is 30.1 Å². The van der Waals surface area contributed by atoms with E-state index in [0.29, 0.717) is 17.6 Å². The zero-order chi connectivity index (χ0) is 20.9. The first-order valence-electron chi connectivity index (χ1n) is 11.5. The molecule has 0 radical (unpaired) electrons. The first kappa shape index (κ1) is 19.5. The molecule has 3 aliphatic rings. The van der Waals surface area contributed by atoms with E-state index < -0.39 is 0 Å². The molecule has 0 aliphatic heterocycles. The number of hydrogen-bond acceptors (Lipinski definition) is 4. The van der Waals surface area contributed by atoms with Crippen molar-refractivity contribution < 1.29 is 5.11 Å². The minimum atomic E-state index is 0.176. The van der Waals surface area contributed by atoms with E-state index in [0.717, 1.165) is 36.6 Å². The second-order valence-corrected chi connectivity index (χ2v) is 9.61. The number of aryl methyl sites for hydroxylation is 3. The topological polar surface area (TPSA) is 62.8 Å². The van der Waals surface area contributed by atoms with Gasteiger partial charge in [-0.25, -0.2) is 0 Å². The van der Waals surface area contributed by atoms with Gasteiger partial charge in [-0.1, -0.05) is 13.0 Å². The van der Waals surface area contributed by atoms with Crippen LogP contribution in [0.3, 0.4) is 0 Å². The average Bonchev–Trinajstić information content (AvgIpc) is 3.27. The highest BCUT2D eigenvalue weighted by Crippen LogP contribution is 2.60. The van der Waals surface area contributed by atoms with E-state index in [-0.39, 0.29) is 5.41 Å². The maximum atomic E-state index is 9.87. The molecule has 1 N–H and O–H groups in total. The van der Waals surface area contributed by atoms with Crippen molar-refractivity contribution in [3.05, 3.63) is 46.8 Å². The quantitative estimate of drug-likeness (QED) is 0.561. The molecule has 0 amide bonds. The van der Waals surface area contributed by atoms with Crippen LogP contribution >= 0.6 is 0 Å². The molecule has 5 heteroatoms. The Morgan fingerprint density at radius 1 is 1.27 bits per heavy atom. The summed E-state index contributed by atoms with van der Waals surface area (Å²) in [6, 6.07) is 6.03. The van der Waals surface area contributed by atoms with Gasteiger partial charge in [0.15, 0.2) is 0 Å². The Morgan fingerprint density at radius 3 is 2.93 bits per heavy atom. The lowest BCUT2D eigenvalue weighted by Gasteiger charge is -2.49. The summed E-state index contributed by atoms with van der Waals surface area (Å²) >= 11 is 0. The van der Waals surface area contributed by atoms with Gasteiger partial charge >= 0.3 is 0 Å². The van der Waals surface area contributed by atoms with E-state index >= 15 is 0 Å². The molecular weight excluding hydrogens is 372 g/mol. The van der Waals surface area contributed by atoms with Gasteiger partial charge in [-0.15, -0.1) is 0 Å². The van der Waals surface area contributed by atoms with E-state index in [9.17, 15) is 5.11 Å². The molecule has 5 rings (SSSR count). The summed E-state index contributed by atoms with van der Waals surface area (Å²) in [5.74, 6) is 2.46. The third kappa shape index (κ3) is 3.10. The molecule has 0 bridgehead atoms. The molecule has 30 heavy (non-hydrogen) atoms. The molecular formula is C25H32N4O. The monoisotopic (exact) mass is 404 g/mol. The van der Waals surface area contributed by atoms with Gasteiger partial charge in [0.05, 0.1) is 11.9 Å². The van der Waals surface area contributed by atoms with Crippen LogP contribution in [0.1, 0.15) is 74.3 Å². The van der Waals surface area contributed by atoms with Gasteiger partial charge in [-0.05, 0) is 93.4 Å². The number of fused-ring (bicyclic) bond motifs is 5. The van der Waals surface area contributed by atoms with E-state index in [1.165, 1.54) is 42.5 Å². The summed E-state index contributed by atoms with van der Waals surface area (Å²) in [5.41, 5.74) is 6.37. The minimum absolute atomic E-state index is 0.176. The number of phenols is 1. The van der Waals surface area contributed by atoms with Gasteiger partial charge in [0, 0.05) is 29.4 Å². The Morgan fingerprint density at radius 2 is 2.13 bits per heavy atom. The predicted molar refractivity (Wildman–Crippen MR) is 120 cm³/mol. The number of benzene rings is 1. The van der Waals surface area contributed by atoms with Crippen LogP contribution in [0.2, 0.25) is 0 Å². The Kier molecular flexibility index (Phi) is 4.79. The highest BCUT2D eigenvalue weighted by Gasteiger charge is 2.53. The van der Waals surface area contributed by atoms with Crippen LogP contribution in [0.25, 0.3) is 0 Å². The molecule has 1 aromatic heterocycles.